The number of likely N-dealkylation sites (tertiary alicyclic amines) is 4. The molecule has 139 heavy (non-hydrogen) atoms. The summed E-state index contributed by atoms with van der Waals surface area (Å²) in [5, 5.41) is 11.9. The molecule has 16 N–H and O–H groups in total. The van der Waals surface area contributed by atoms with Crippen LogP contribution >= 0.6 is 0 Å². The molecule has 31 nitrogen and oxygen atoms in total. The molecule has 0 bridgehead atoms. The largest absolute Gasteiger partial charge is 0.493 e. The summed E-state index contributed by atoms with van der Waals surface area (Å²) in [6.07, 6.45) is 12.0. The Kier molecular flexibility index (Phi) is 42.6. The van der Waals surface area contributed by atoms with Crippen molar-refractivity contribution in [3.8, 4) is 56.0 Å². The molecule has 4 fully saturated rings. The zero-order valence-electron chi connectivity index (χ0n) is 81.7. The fourth-order valence-corrected chi connectivity index (χ4v) is 18.4. The van der Waals surface area contributed by atoms with E-state index in [0.29, 0.717) is 95.0 Å². The molecule has 1 aromatic heterocycles. The van der Waals surface area contributed by atoms with Crippen LogP contribution in [0.5, 0.6) is 11.5 Å². The van der Waals surface area contributed by atoms with Crippen LogP contribution in [0.15, 0.2) is 232 Å². The molecule has 32 heteroatoms. The number of piperidine rings is 4. The Hall–Kier alpha value is -13.8. The fourth-order valence-electron chi connectivity index (χ4n) is 18.4. The maximum Gasteiger partial charge on any atom is 0.310 e. The predicted molar refractivity (Wildman–Crippen MR) is 535 cm³/mol. The van der Waals surface area contributed by atoms with Crippen LogP contribution in [-0.2, 0) is 61.0 Å². The van der Waals surface area contributed by atoms with E-state index in [1.165, 1.54) is 40.6 Å². The lowest BCUT2D eigenvalue weighted by Gasteiger charge is -2.36. The van der Waals surface area contributed by atoms with Crippen LogP contribution in [0.4, 0.5) is 4.39 Å². The van der Waals surface area contributed by atoms with Crippen molar-refractivity contribution >= 4 is 47.5 Å². The van der Waals surface area contributed by atoms with Gasteiger partial charge in [-0.15, -0.1) is 0 Å². The first-order valence-electron chi connectivity index (χ1n) is 47.1. The molecule has 4 saturated heterocycles. The number of amides is 4. The van der Waals surface area contributed by atoms with Gasteiger partial charge in [-0.3, -0.25) is 53.0 Å². The van der Waals surface area contributed by atoms with E-state index in [-0.39, 0.29) is 89.6 Å². The van der Waals surface area contributed by atoms with Gasteiger partial charge < -0.3 is 92.2 Å². The van der Waals surface area contributed by atoms with Crippen molar-refractivity contribution in [2.24, 2.45) is 82.1 Å². The maximum absolute atomic E-state index is 13.1. The van der Waals surface area contributed by atoms with Gasteiger partial charge in [0.15, 0.2) is 11.5 Å². The van der Waals surface area contributed by atoms with Crippen molar-refractivity contribution in [1.82, 2.24) is 45.9 Å². The summed E-state index contributed by atoms with van der Waals surface area (Å²) in [4.78, 5) is 124. The number of esters is 4. The molecule has 7 aromatic carbocycles. The Morgan fingerprint density at radius 1 is 0.367 bits per heavy atom. The van der Waals surface area contributed by atoms with Gasteiger partial charge in [0.1, 0.15) is 12.4 Å². The summed E-state index contributed by atoms with van der Waals surface area (Å²) < 4.78 is 44.1. The number of pyridine rings is 1. The number of hydrogen-bond acceptors (Lipinski definition) is 27. The average Bonchev–Trinajstić information content (AvgIpc) is 0.803. The van der Waals surface area contributed by atoms with Crippen LogP contribution in [0.25, 0.3) is 44.5 Å². The molecular formula is C107H140FN15O16. The van der Waals surface area contributed by atoms with Crippen LogP contribution in [-0.4, -0.2) is 191 Å². The third-order valence-electron chi connectivity index (χ3n) is 26.3. The van der Waals surface area contributed by atoms with Gasteiger partial charge in [-0.25, -0.2) is 16.2 Å². The van der Waals surface area contributed by atoms with Crippen LogP contribution < -0.4 is 65.5 Å². The summed E-state index contributed by atoms with van der Waals surface area (Å²) in [7, 11) is 8.70. The SMILES string of the molecule is C=C(N)N1CCCC(C[C@@H](C(=O)OC)[C@@H](C)NC(=O)c2ccc(-c3ccc(F)cc3)cc2)C1.C=C(N)N1CCCC(C[C@@H](C(=O)OC)[C@@H](C)NC(=O)c2ccc(-c3ccc(OC)c(OC)c3)cc2)C1.C=C(N)N1CCCC(C[C@@H](C(=O)OC)[C@@H](C)NC(=O)c2ccc(-c3cccc(CON)c3)cc2)C1.C=C(N)N1CCCC(C[C@@H](C(=O)OC)[C@@H](C)NC(=O)c2ccc(-c3ccnc(CON)c3)cc2)C1. The number of methoxy groups -OCH3 is 6. The highest BCUT2D eigenvalue weighted by Gasteiger charge is 2.38. The second kappa shape index (κ2) is 54.4. The van der Waals surface area contributed by atoms with E-state index in [0.717, 1.165) is 154 Å². The number of hydrogen-bond donors (Lipinski definition) is 10. The van der Waals surface area contributed by atoms with Gasteiger partial charge in [0.2, 0.25) is 0 Å². The molecule has 5 heterocycles. The first-order valence-corrected chi connectivity index (χ1v) is 47.1. The van der Waals surface area contributed by atoms with E-state index in [1.54, 1.807) is 81.1 Å². The number of aromatic nitrogens is 1. The number of carbonyl (C=O) groups excluding carboxylic acids is 8. The smallest absolute Gasteiger partial charge is 0.310 e. The van der Waals surface area contributed by atoms with Gasteiger partial charge in [-0.2, -0.15) is 0 Å². The number of carbonyl (C=O) groups is 8. The molecular weight excluding hydrogens is 1770 g/mol. The molecule has 8 aromatic rings. The molecule has 746 valence electrons. The quantitative estimate of drug-likeness (QED) is 0.00976. The van der Waals surface area contributed by atoms with E-state index < -0.39 is 41.8 Å². The molecule has 0 aliphatic carbocycles. The Morgan fingerprint density at radius 3 is 0.935 bits per heavy atom. The zero-order chi connectivity index (χ0) is 101. The van der Waals surface area contributed by atoms with Crippen molar-refractivity contribution < 1.29 is 80.8 Å². The van der Waals surface area contributed by atoms with E-state index in [9.17, 15) is 42.7 Å². The Labute approximate surface area is 816 Å². The molecule has 12 atom stereocenters. The van der Waals surface area contributed by atoms with Gasteiger partial charge >= 0.3 is 23.9 Å². The number of nitrogens with two attached hydrogens (primary N) is 6. The van der Waals surface area contributed by atoms with Crippen LogP contribution in [0.1, 0.15) is 157 Å². The highest BCUT2D eigenvalue weighted by Crippen LogP contribution is 2.36. The topological polar surface area (TPSA) is 440 Å². The standard InChI is InChI=1S/C28H37N3O5.C27H36N4O4.C26H32FN3O3.C26H35N5O4/c1-18(24(28(33)36-5)15-20-7-6-14-31(17-20)19(2)29)30-27(32)22-10-8-21(9-11-22)23-12-13-25(34-3)26(16-23)35-4;1-18(25(27(33)34-3)15-20-7-5-13-31(16-20)19(2)28)30-26(32)23-11-9-22(10-12-23)24-8-4-6-21(14-24)17-35-29;1-17(24(26(32)33-3)15-19-5-4-14-30(16-19)18(2)28)29-25(31)22-8-6-20(7-9-22)21-10-12-23(27)13-11-21;1-17(24(26(33)34-3)13-19-5-4-12-31(15-19)18(2)27)30-25(32)21-8-6-20(7-9-21)22-10-11-29-23(14-22)16-35-28/h8-13,16,18,20,24H,2,6-7,14-15,17,29H2,1,3-5H3,(H,30,32);4,6,8-12,14,18,20,25H,2,5,7,13,15-17,28-29H2,1,3H3,(H,30,32);6-13,17,19,24H,2,4-5,14-16,28H2,1,3H3,(H,29,31);6-11,14,17,19,24H,2,4-5,12-13,15-16,27-28H2,1,3H3,(H,30,32)/t18-,20?,24-;18-,20?,25-;2*17-,19?,24-/m1111/s1. The number of ether oxygens (including phenoxy) is 6. The van der Waals surface area contributed by atoms with E-state index in [2.05, 4.69) is 57.4 Å². The summed E-state index contributed by atoms with van der Waals surface area (Å²) in [5.41, 5.74) is 34.7. The first kappa shape index (κ1) is 109. The number of nitrogens with zero attached hydrogens (tertiary/aromatic N) is 5. The molecule has 4 unspecified atom stereocenters. The summed E-state index contributed by atoms with van der Waals surface area (Å²) in [6.45, 7) is 29.7. The van der Waals surface area contributed by atoms with E-state index >= 15 is 0 Å². The summed E-state index contributed by atoms with van der Waals surface area (Å²) in [5.74, 6) is 10.4. The van der Waals surface area contributed by atoms with Gasteiger partial charge in [0.25, 0.3) is 23.6 Å². The highest BCUT2D eigenvalue weighted by molar-refractivity contribution is 5.98. The summed E-state index contributed by atoms with van der Waals surface area (Å²) in [6, 6.07) is 50.9. The predicted octanol–water partition coefficient (Wildman–Crippen LogP) is 13.5. The lowest BCUT2D eigenvalue weighted by atomic mass is 9.85. The molecule has 0 radical (unpaired) electrons. The minimum Gasteiger partial charge on any atom is -0.493 e. The lowest BCUT2D eigenvalue weighted by molar-refractivity contribution is -0.148. The van der Waals surface area contributed by atoms with E-state index in [1.807, 2.05) is 150 Å². The van der Waals surface area contributed by atoms with E-state index in [4.69, 9.17) is 68.0 Å². The molecule has 0 spiro atoms. The number of benzene rings is 7. The van der Waals surface area contributed by atoms with Gasteiger partial charge in [0.05, 0.1) is 102 Å². The molecule has 4 amide bonds. The minimum atomic E-state index is -0.464. The molecule has 4 aliphatic heterocycles. The molecule has 4 aliphatic rings. The van der Waals surface area contributed by atoms with Crippen molar-refractivity contribution in [3.63, 3.8) is 0 Å². The molecule has 12 rings (SSSR count). The molecule has 0 saturated carbocycles. The van der Waals surface area contributed by atoms with Gasteiger partial charge in [-0.1, -0.05) is 111 Å². The van der Waals surface area contributed by atoms with Crippen LogP contribution in [0, 0.1) is 53.2 Å². The maximum atomic E-state index is 13.1. The third kappa shape index (κ3) is 32.4. The van der Waals surface area contributed by atoms with Crippen molar-refractivity contribution in [2.45, 2.75) is 142 Å². The Morgan fingerprint density at radius 2 is 0.647 bits per heavy atom. The van der Waals surface area contributed by atoms with Gasteiger partial charge in [0, 0.05) is 105 Å². The monoisotopic (exact) mass is 1910 g/mol. The van der Waals surface area contributed by atoms with Crippen molar-refractivity contribution in [3.05, 3.63) is 271 Å². The first-order chi connectivity index (χ1) is 66.7. The zero-order valence-corrected chi connectivity index (χ0v) is 81.7. The normalized spacial score (nSPS) is 17.3. The highest BCUT2D eigenvalue weighted by atomic mass is 19.1. The van der Waals surface area contributed by atoms with Crippen LogP contribution in [0.3, 0.4) is 0 Å². The second-order valence-corrected chi connectivity index (χ2v) is 36.0. The average molecular weight is 1910 g/mol. The number of nitrogens with one attached hydrogen (secondary N) is 4. The Balaban J connectivity index is 0.000000207. The number of halogens is 1. The number of rotatable bonds is 38. The second-order valence-electron chi connectivity index (χ2n) is 36.0. The summed E-state index contributed by atoms with van der Waals surface area (Å²) >= 11 is 0. The fraction of sp³-hybridized carbons (Fsp3) is 0.411. The Bertz CT molecular complexity index is 5260. The third-order valence-corrected chi connectivity index (χ3v) is 26.3. The van der Waals surface area contributed by atoms with Crippen LogP contribution in [0.2, 0.25) is 0 Å². The van der Waals surface area contributed by atoms with Crippen molar-refractivity contribution in [2.75, 3.05) is 95.0 Å². The minimum absolute atomic E-state index is 0.216. The lowest BCUT2D eigenvalue weighted by Crippen LogP contribution is -2.44. The van der Waals surface area contributed by atoms with Crippen molar-refractivity contribution in [1.29, 1.82) is 0 Å². The van der Waals surface area contributed by atoms with Gasteiger partial charge in [-0.05, 0) is 269 Å².